The van der Waals surface area contributed by atoms with Crippen LogP contribution in [-0.4, -0.2) is 7.05 Å². The van der Waals surface area contributed by atoms with Crippen LogP contribution in [0.3, 0.4) is 0 Å². The molecule has 1 aromatic carbocycles. The Morgan fingerprint density at radius 2 is 2.00 bits per heavy atom. The molecule has 0 aliphatic carbocycles. The zero-order valence-corrected chi connectivity index (χ0v) is 9.97. The molecule has 0 amide bonds. The molecule has 84 valence electrons. The van der Waals surface area contributed by atoms with Crippen molar-refractivity contribution in [3.63, 3.8) is 0 Å². The highest BCUT2D eigenvalue weighted by atomic mass is 19.1. The van der Waals surface area contributed by atoms with Crippen molar-refractivity contribution in [2.24, 2.45) is 5.92 Å². The maximum Gasteiger partial charge on any atom is 0.126 e. The van der Waals surface area contributed by atoms with Crippen LogP contribution < -0.4 is 5.32 Å². The lowest BCUT2D eigenvalue weighted by Crippen LogP contribution is -2.18. The van der Waals surface area contributed by atoms with Crippen LogP contribution in [0.15, 0.2) is 18.2 Å². The summed E-state index contributed by atoms with van der Waals surface area (Å²) >= 11 is 0. The molecule has 1 N–H and O–H groups in total. The molecule has 0 fully saturated rings. The van der Waals surface area contributed by atoms with E-state index in [9.17, 15) is 4.39 Å². The fraction of sp³-hybridized carbons (Fsp3) is 0.538. The average Bonchev–Trinajstić information content (AvgIpc) is 2.18. The van der Waals surface area contributed by atoms with Crippen LogP contribution in [0, 0.1) is 18.7 Å². The van der Waals surface area contributed by atoms with Crippen LogP contribution in [0.5, 0.6) is 0 Å². The summed E-state index contributed by atoms with van der Waals surface area (Å²) in [5.74, 6) is 0.506. The van der Waals surface area contributed by atoms with Crippen molar-refractivity contribution in [3.8, 4) is 0 Å². The van der Waals surface area contributed by atoms with Crippen LogP contribution in [0.1, 0.15) is 37.4 Å². The largest absolute Gasteiger partial charge is 0.313 e. The van der Waals surface area contributed by atoms with E-state index in [0.717, 1.165) is 12.0 Å². The second kappa shape index (κ2) is 5.26. The van der Waals surface area contributed by atoms with Crippen molar-refractivity contribution in [1.82, 2.24) is 5.32 Å². The molecule has 1 unspecified atom stereocenters. The summed E-state index contributed by atoms with van der Waals surface area (Å²) in [6, 6.07) is 5.67. The van der Waals surface area contributed by atoms with Gasteiger partial charge in [0.25, 0.3) is 0 Å². The Morgan fingerprint density at radius 3 is 2.47 bits per heavy atom. The van der Waals surface area contributed by atoms with E-state index < -0.39 is 0 Å². The molecule has 0 heterocycles. The van der Waals surface area contributed by atoms with Gasteiger partial charge in [-0.05, 0) is 43.5 Å². The third-order valence-electron chi connectivity index (χ3n) is 2.64. The van der Waals surface area contributed by atoms with Gasteiger partial charge >= 0.3 is 0 Å². The van der Waals surface area contributed by atoms with E-state index in [1.54, 1.807) is 13.0 Å². The van der Waals surface area contributed by atoms with E-state index >= 15 is 0 Å². The van der Waals surface area contributed by atoms with E-state index in [1.807, 2.05) is 19.2 Å². The average molecular weight is 209 g/mol. The summed E-state index contributed by atoms with van der Waals surface area (Å²) in [4.78, 5) is 0. The maximum atomic E-state index is 13.1. The number of rotatable bonds is 4. The Balaban J connectivity index is 2.87. The first-order chi connectivity index (χ1) is 7.04. The van der Waals surface area contributed by atoms with Gasteiger partial charge in [0.15, 0.2) is 0 Å². The van der Waals surface area contributed by atoms with Crippen molar-refractivity contribution < 1.29 is 4.39 Å². The van der Waals surface area contributed by atoms with E-state index in [2.05, 4.69) is 19.2 Å². The predicted octanol–water partition coefficient (Wildman–Crippen LogP) is 3.44. The Hall–Kier alpha value is -0.890. The number of nitrogens with one attached hydrogen (secondary N) is 1. The molecule has 1 aromatic rings. The highest BCUT2D eigenvalue weighted by Crippen LogP contribution is 2.22. The molecule has 0 radical (unpaired) electrons. The topological polar surface area (TPSA) is 12.0 Å². The first-order valence-electron chi connectivity index (χ1n) is 5.48. The molecule has 1 nitrogen and oxygen atoms in total. The summed E-state index contributed by atoms with van der Waals surface area (Å²) in [5, 5.41) is 3.27. The van der Waals surface area contributed by atoms with Crippen LogP contribution in [0.2, 0.25) is 0 Å². The van der Waals surface area contributed by atoms with Gasteiger partial charge in [-0.2, -0.15) is 0 Å². The monoisotopic (exact) mass is 209 g/mol. The standard InChI is InChI=1S/C13H20FN/c1-9(2)7-13(15-4)11-5-6-12(14)10(3)8-11/h5-6,8-9,13,15H,7H2,1-4H3. The minimum atomic E-state index is -0.127. The molecule has 0 saturated carbocycles. The summed E-state index contributed by atoms with van der Waals surface area (Å²) in [6.07, 6.45) is 1.07. The Kier molecular flexibility index (Phi) is 4.28. The lowest BCUT2D eigenvalue weighted by Gasteiger charge is -2.19. The van der Waals surface area contributed by atoms with Crippen molar-refractivity contribution >= 4 is 0 Å². The fourth-order valence-corrected chi connectivity index (χ4v) is 1.78. The number of benzene rings is 1. The highest BCUT2D eigenvalue weighted by molar-refractivity contribution is 5.26. The molecule has 0 saturated heterocycles. The lowest BCUT2D eigenvalue weighted by molar-refractivity contribution is 0.456. The molecule has 1 atom stereocenters. The van der Waals surface area contributed by atoms with Crippen LogP contribution >= 0.6 is 0 Å². The first-order valence-corrected chi connectivity index (χ1v) is 5.48. The summed E-state index contributed by atoms with van der Waals surface area (Å²) in [7, 11) is 1.95. The van der Waals surface area contributed by atoms with Gasteiger partial charge in [-0.3, -0.25) is 0 Å². The molecular weight excluding hydrogens is 189 g/mol. The molecule has 2 heteroatoms. The van der Waals surface area contributed by atoms with Gasteiger partial charge in [-0.1, -0.05) is 26.0 Å². The molecule has 0 spiro atoms. The number of halogens is 1. The van der Waals surface area contributed by atoms with Gasteiger partial charge in [0.05, 0.1) is 0 Å². The van der Waals surface area contributed by atoms with Gasteiger partial charge in [-0.25, -0.2) is 4.39 Å². The molecular formula is C13H20FN. The lowest BCUT2D eigenvalue weighted by atomic mass is 9.96. The molecule has 0 aromatic heterocycles. The van der Waals surface area contributed by atoms with Crippen molar-refractivity contribution in [2.75, 3.05) is 7.05 Å². The SMILES string of the molecule is CNC(CC(C)C)c1ccc(F)c(C)c1. The zero-order valence-electron chi connectivity index (χ0n) is 9.97. The van der Waals surface area contributed by atoms with Gasteiger partial charge in [-0.15, -0.1) is 0 Å². The van der Waals surface area contributed by atoms with Gasteiger partial charge in [0.1, 0.15) is 5.82 Å². The van der Waals surface area contributed by atoms with Crippen molar-refractivity contribution in [1.29, 1.82) is 0 Å². The molecule has 0 aliphatic rings. The van der Waals surface area contributed by atoms with E-state index in [-0.39, 0.29) is 5.82 Å². The molecule has 15 heavy (non-hydrogen) atoms. The molecule has 0 bridgehead atoms. The van der Waals surface area contributed by atoms with Gasteiger partial charge < -0.3 is 5.32 Å². The van der Waals surface area contributed by atoms with E-state index in [1.165, 1.54) is 5.56 Å². The summed E-state index contributed by atoms with van der Waals surface area (Å²) < 4.78 is 13.1. The minimum Gasteiger partial charge on any atom is -0.313 e. The number of hydrogen-bond acceptors (Lipinski definition) is 1. The summed E-state index contributed by atoms with van der Waals surface area (Å²) in [5.41, 5.74) is 1.89. The normalized spacial score (nSPS) is 13.2. The Bertz CT molecular complexity index is 320. The summed E-state index contributed by atoms with van der Waals surface area (Å²) in [6.45, 7) is 6.20. The van der Waals surface area contributed by atoms with Crippen LogP contribution in [0.25, 0.3) is 0 Å². The maximum absolute atomic E-state index is 13.1. The van der Waals surface area contributed by atoms with Crippen molar-refractivity contribution in [2.45, 2.75) is 33.2 Å². The fourth-order valence-electron chi connectivity index (χ4n) is 1.78. The second-order valence-corrected chi connectivity index (χ2v) is 4.48. The van der Waals surface area contributed by atoms with Gasteiger partial charge in [0, 0.05) is 6.04 Å². The predicted molar refractivity (Wildman–Crippen MR) is 62.4 cm³/mol. The van der Waals surface area contributed by atoms with E-state index in [0.29, 0.717) is 12.0 Å². The van der Waals surface area contributed by atoms with E-state index in [4.69, 9.17) is 0 Å². The Morgan fingerprint density at radius 1 is 1.33 bits per heavy atom. The zero-order chi connectivity index (χ0) is 11.4. The molecule has 1 rings (SSSR count). The number of aryl methyl sites for hydroxylation is 1. The molecule has 0 aliphatic heterocycles. The second-order valence-electron chi connectivity index (χ2n) is 4.48. The quantitative estimate of drug-likeness (QED) is 0.801. The van der Waals surface area contributed by atoms with Crippen LogP contribution in [0.4, 0.5) is 4.39 Å². The minimum absolute atomic E-state index is 0.127. The first kappa shape index (κ1) is 12.2. The third kappa shape index (κ3) is 3.31. The highest BCUT2D eigenvalue weighted by Gasteiger charge is 2.11. The Labute approximate surface area is 91.7 Å². The third-order valence-corrected chi connectivity index (χ3v) is 2.64. The number of hydrogen-bond donors (Lipinski definition) is 1. The van der Waals surface area contributed by atoms with Crippen LogP contribution in [-0.2, 0) is 0 Å². The van der Waals surface area contributed by atoms with Gasteiger partial charge in [0.2, 0.25) is 0 Å². The van der Waals surface area contributed by atoms with Crippen molar-refractivity contribution in [3.05, 3.63) is 35.1 Å². The smallest absolute Gasteiger partial charge is 0.126 e.